The standard InChI is InChI=1S/C20H17Br2N3O/c1-13-17(21)9-14(10-18(13)22)11-24-25-20(26)12-23-19-8-4-6-15-5-2-3-7-16(15)19/h2-11,23H,12H2,1H3,(H,25,26)/b24-11+. The Morgan fingerprint density at radius 1 is 1.08 bits per heavy atom. The fourth-order valence-corrected chi connectivity index (χ4v) is 3.73. The summed E-state index contributed by atoms with van der Waals surface area (Å²) in [6.07, 6.45) is 1.62. The van der Waals surface area contributed by atoms with Crippen LogP contribution >= 0.6 is 31.9 Å². The van der Waals surface area contributed by atoms with Gasteiger partial charge in [-0.25, -0.2) is 5.43 Å². The number of benzene rings is 3. The van der Waals surface area contributed by atoms with Crippen molar-refractivity contribution in [1.29, 1.82) is 0 Å². The van der Waals surface area contributed by atoms with Gasteiger partial charge < -0.3 is 5.32 Å². The summed E-state index contributed by atoms with van der Waals surface area (Å²) >= 11 is 7.00. The molecule has 0 spiro atoms. The second-order valence-corrected chi connectivity index (χ2v) is 7.49. The fourth-order valence-electron chi connectivity index (χ4n) is 2.51. The van der Waals surface area contributed by atoms with Gasteiger partial charge in [0.2, 0.25) is 0 Å². The number of halogens is 2. The van der Waals surface area contributed by atoms with Gasteiger partial charge in [0.1, 0.15) is 0 Å². The van der Waals surface area contributed by atoms with E-state index in [9.17, 15) is 4.79 Å². The Morgan fingerprint density at radius 3 is 2.54 bits per heavy atom. The monoisotopic (exact) mass is 473 g/mol. The SMILES string of the molecule is Cc1c(Br)cc(/C=N/NC(=O)CNc2cccc3ccccc23)cc1Br. The summed E-state index contributed by atoms with van der Waals surface area (Å²) in [5.41, 5.74) is 5.47. The van der Waals surface area contributed by atoms with Crippen molar-refractivity contribution >= 4 is 60.4 Å². The van der Waals surface area contributed by atoms with Crippen molar-refractivity contribution in [2.24, 2.45) is 5.10 Å². The molecule has 0 unspecified atom stereocenters. The molecule has 0 aliphatic heterocycles. The number of amides is 1. The second-order valence-electron chi connectivity index (χ2n) is 5.78. The van der Waals surface area contributed by atoms with Crippen molar-refractivity contribution in [3.8, 4) is 0 Å². The Hall–Kier alpha value is -2.18. The fraction of sp³-hybridized carbons (Fsp3) is 0.100. The Balaban J connectivity index is 1.59. The molecule has 3 rings (SSSR count). The maximum Gasteiger partial charge on any atom is 0.259 e. The molecule has 26 heavy (non-hydrogen) atoms. The summed E-state index contributed by atoms with van der Waals surface area (Å²) < 4.78 is 1.97. The number of hydrazone groups is 1. The molecule has 0 fully saturated rings. The topological polar surface area (TPSA) is 53.5 Å². The first-order valence-electron chi connectivity index (χ1n) is 8.04. The average Bonchev–Trinajstić information content (AvgIpc) is 2.64. The van der Waals surface area contributed by atoms with E-state index in [1.54, 1.807) is 6.21 Å². The van der Waals surface area contributed by atoms with E-state index < -0.39 is 0 Å². The van der Waals surface area contributed by atoms with Crippen molar-refractivity contribution in [2.45, 2.75) is 6.92 Å². The highest BCUT2D eigenvalue weighted by Crippen LogP contribution is 2.25. The largest absolute Gasteiger partial charge is 0.376 e. The zero-order valence-corrected chi connectivity index (χ0v) is 17.3. The number of rotatable bonds is 5. The van der Waals surface area contributed by atoms with Crippen LogP contribution in [0.5, 0.6) is 0 Å². The minimum Gasteiger partial charge on any atom is -0.376 e. The molecule has 0 aromatic heterocycles. The number of hydrogen-bond donors (Lipinski definition) is 2. The molecule has 0 saturated carbocycles. The van der Waals surface area contributed by atoms with Crippen molar-refractivity contribution in [2.75, 3.05) is 11.9 Å². The Kier molecular flexibility index (Phi) is 6.06. The van der Waals surface area contributed by atoms with Gasteiger partial charge >= 0.3 is 0 Å². The third-order valence-electron chi connectivity index (χ3n) is 3.94. The van der Waals surface area contributed by atoms with Gasteiger partial charge in [0.25, 0.3) is 5.91 Å². The van der Waals surface area contributed by atoms with Crippen molar-refractivity contribution in [3.05, 3.63) is 74.7 Å². The molecular weight excluding hydrogens is 458 g/mol. The second kappa shape index (κ2) is 8.47. The van der Waals surface area contributed by atoms with Gasteiger partial charge in [0.05, 0.1) is 12.8 Å². The molecule has 0 heterocycles. The van der Waals surface area contributed by atoms with Crippen LogP contribution in [0.4, 0.5) is 5.69 Å². The van der Waals surface area contributed by atoms with Crippen LogP contribution in [0.25, 0.3) is 10.8 Å². The maximum atomic E-state index is 12.0. The molecule has 6 heteroatoms. The predicted octanol–water partition coefficient (Wildman–Crippen LogP) is 5.24. The van der Waals surface area contributed by atoms with Gasteiger partial charge in [-0.1, -0.05) is 68.3 Å². The lowest BCUT2D eigenvalue weighted by Crippen LogP contribution is -2.25. The van der Waals surface area contributed by atoms with Crippen LogP contribution < -0.4 is 10.7 Å². The number of fused-ring (bicyclic) bond motifs is 1. The summed E-state index contributed by atoms with van der Waals surface area (Å²) in [7, 11) is 0. The van der Waals surface area contributed by atoms with Crippen LogP contribution in [0.3, 0.4) is 0 Å². The molecule has 0 radical (unpaired) electrons. The van der Waals surface area contributed by atoms with Crippen molar-refractivity contribution in [3.63, 3.8) is 0 Å². The van der Waals surface area contributed by atoms with Crippen LogP contribution in [-0.4, -0.2) is 18.7 Å². The summed E-state index contributed by atoms with van der Waals surface area (Å²) in [6.45, 7) is 2.16. The van der Waals surface area contributed by atoms with Crippen LogP contribution in [0.15, 0.2) is 68.6 Å². The molecule has 0 saturated heterocycles. The zero-order valence-electron chi connectivity index (χ0n) is 14.1. The molecule has 4 nitrogen and oxygen atoms in total. The summed E-state index contributed by atoms with van der Waals surface area (Å²) in [6, 6.07) is 17.9. The lowest BCUT2D eigenvalue weighted by molar-refractivity contribution is -0.119. The number of anilines is 1. The summed E-state index contributed by atoms with van der Waals surface area (Å²) in [4.78, 5) is 12.0. The highest BCUT2D eigenvalue weighted by atomic mass is 79.9. The smallest absolute Gasteiger partial charge is 0.259 e. The number of nitrogens with one attached hydrogen (secondary N) is 2. The Morgan fingerprint density at radius 2 is 1.77 bits per heavy atom. The van der Waals surface area contributed by atoms with Crippen molar-refractivity contribution < 1.29 is 4.79 Å². The van der Waals surface area contributed by atoms with Gasteiger partial charge in [-0.3, -0.25) is 4.79 Å². The van der Waals surface area contributed by atoms with Crippen LogP contribution in [0.2, 0.25) is 0 Å². The Bertz CT molecular complexity index is 957. The van der Waals surface area contributed by atoms with E-state index in [2.05, 4.69) is 47.7 Å². The highest BCUT2D eigenvalue weighted by molar-refractivity contribution is 9.11. The molecule has 1 amide bonds. The maximum absolute atomic E-state index is 12.0. The van der Waals surface area contributed by atoms with E-state index in [-0.39, 0.29) is 12.5 Å². The predicted molar refractivity (Wildman–Crippen MR) is 115 cm³/mol. The normalized spacial score (nSPS) is 11.0. The molecule has 3 aromatic rings. The molecular formula is C20H17Br2N3O. The first-order valence-corrected chi connectivity index (χ1v) is 9.62. The number of nitrogens with zero attached hydrogens (tertiary/aromatic N) is 1. The number of carbonyl (C=O) groups excluding carboxylic acids is 1. The van der Waals surface area contributed by atoms with Crippen LogP contribution in [-0.2, 0) is 4.79 Å². The molecule has 0 bridgehead atoms. The van der Waals surface area contributed by atoms with Gasteiger partial charge in [0, 0.05) is 20.0 Å². The first kappa shape index (κ1) is 18.6. The highest BCUT2D eigenvalue weighted by Gasteiger charge is 2.04. The van der Waals surface area contributed by atoms with E-state index >= 15 is 0 Å². The molecule has 3 aromatic carbocycles. The average molecular weight is 475 g/mol. The van der Waals surface area contributed by atoms with E-state index in [4.69, 9.17) is 0 Å². The minimum absolute atomic E-state index is 0.145. The molecule has 0 aliphatic carbocycles. The van der Waals surface area contributed by atoms with Crippen LogP contribution in [0.1, 0.15) is 11.1 Å². The lowest BCUT2D eigenvalue weighted by atomic mass is 10.1. The van der Waals surface area contributed by atoms with E-state index in [1.807, 2.05) is 61.5 Å². The molecule has 0 aliphatic rings. The minimum atomic E-state index is -0.209. The van der Waals surface area contributed by atoms with Gasteiger partial charge in [0.15, 0.2) is 0 Å². The van der Waals surface area contributed by atoms with E-state index in [1.165, 1.54) is 0 Å². The lowest BCUT2D eigenvalue weighted by Gasteiger charge is -2.09. The van der Waals surface area contributed by atoms with Crippen molar-refractivity contribution in [1.82, 2.24) is 5.43 Å². The van der Waals surface area contributed by atoms with Gasteiger partial charge in [-0.05, 0) is 41.6 Å². The van der Waals surface area contributed by atoms with Gasteiger partial charge in [-0.2, -0.15) is 5.10 Å². The van der Waals surface area contributed by atoms with E-state index in [0.717, 1.165) is 36.5 Å². The zero-order chi connectivity index (χ0) is 18.5. The number of carbonyl (C=O) groups is 1. The summed E-state index contributed by atoms with van der Waals surface area (Å²) in [5, 5.41) is 9.40. The van der Waals surface area contributed by atoms with Gasteiger partial charge in [-0.15, -0.1) is 0 Å². The van der Waals surface area contributed by atoms with Crippen LogP contribution in [0, 0.1) is 6.92 Å². The quantitative estimate of drug-likeness (QED) is 0.392. The molecule has 0 atom stereocenters. The van der Waals surface area contributed by atoms with E-state index in [0.29, 0.717) is 0 Å². The molecule has 132 valence electrons. The first-order chi connectivity index (χ1) is 12.5. The third kappa shape index (κ3) is 4.51. The number of hydrogen-bond acceptors (Lipinski definition) is 3. The summed E-state index contributed by atoms with van der Waals surface area (Å²) in [5.74, 6) is -0.209. The Labute approximate surface area is 168 Å². The molecule has 2 N–H and O–H groups in total. The third-order valence-corrected chi connectivity index (χ3v) is 5.58.